The highest BCUT2D eigenvalue weighted by Gasteiger charge is 2.09. The predicted molar refractivity (Wildman–Crippen MR) is 69.1 cm³/mol. The Balaban J connectivity index is 2.22. The minimum Gasteiger partial charge on any atom is -0.319 e. The Labute approximate surface area is 111 Å². The molecule has 0 aliphatic heterocycles. The summed E-state index contributed by atoms with van der Waals surface area (Å²) in [5.74, 6) is -0.255. The molecule has 1 N–H and O–H groups in total. The average Bonchev–Trinajstić information content (AvgIpc) is 2.35. The number of carbonyl (C=O) groups is 1. The maximum atomic E-state index is 11.8. The lowest BCUT2D eigenvalue weighted by Gasteiger charge is -2.06. The number of nitrogens with one attached hydrogen (secondary N) is 1. The quantitative estimate of drug-likeness (QED) is 0.867. The maximum absolute atomic E-state index is 11.8. The van der Waals surface area contributed by atoms with E-state index in [1.165, 1.54) is 0 Å². The van der Waals surface area contributed by atoms with Gasteiger partial charge in [-0.3, -0.25) is 9.78 Å². The van der Waals surface area contributed by atoms with Crippen molar-refractivity contribution in [1.82, 2.24) is 9.97 Å². The highest BCUT2D eigenvalue weighted by Crippen LogP contribution is 2.23. The second-order valence-corrected chi connectivity index (χ2v) is 4.46. The lowest BCUT2D eigenvalue weighted by Crippen LogP contribution is -2.12. The number of nitrogens with zero attached hydrogens (tertiary/aromatic N) is 2. The first-order valence-corrected chi connectivity index (χ1v) is 5.86. The molecule has 0 bridgehead atoms. The van der Waals surface area contributed by atoms with Crippen LogP contribution in [0.2, 0.25) is 5.15 Å². The van der Waals surface area contributed by atoms with Crippen LogP contribution in [0.3, 0.4) is 0 Å². The number of aromatic nitrogens is 2. The molecular weight excluding hydrogens is 305 g/mol. The van der Waals surface area contributed by atoms with Crippen LogP contribution in [-0.2, 0) is 0 Å². The normalized spacial score (nSPS) is 10.0. The Morgan fingerprint density at radius 1 is 1.35 bits per heavy atom. The number of pyridine rings is 2. The van der Waals surface area contributed by atoms with Gasteiger partial charge in [0, 0.05) is 28.6 Å². The Hall–Kier alpha value is -1.46. The Bertz CT molecular complexity index is 548. The molecule has 2 heterocycles. The van der Waals surface area contributed by atoms with Gasteiger partial charge >= 0.3 is 0 Å². The van der Waals surface area contributed by atoms with E-state index in [1.54, 1.807) is 36.8 Å². The van der Waals surface area contributed by atoms with Crippen LogP contribution in [-0.4, -0.2) is 15.9 Å². The molecule has 0 unspecified atom stereocenters. The predicted octanol–water partition coefficient (Wildman–Crippen LogP) is 3.14. The van der Waals surface area contributed by atoms with Gasteiger partial charge in [-0.05, 0) is 34.1 Å². The number of amides is 1. The summed E-state index contributed by atoms with van der Waals surface area (Å²) in [6, 6.07) is 4.93. The number of carbonyl (C=O) groups excluding carboxylic acids is 1. The molecule has 86 valence electrons. The van der Waals surface area contributed by atoms with Gasteiger partial charge in [-0.1, -0.05) is 11.6 Å². The average molecular weight is 313 g/mol. The van der Waals surface area contributed by atoms with Crippen LogP contribution in [0.15, 0.2) is 41.3 Å². The molecule has 6 heteroatoms. The molecule has 0 fully saturated rings. The first kappa shape index (κ1) is 12.0. The molecule has 0 spiro atoms. The molecule has 2 aromatic heterocycles. The molecule has 2 aromatic rings. The lowest BCUT2D eigenvalue weighted by atomic mass is 10.2. The summed E-state index contributed by atoms with van der Waals surface area (Å²) in [5.41, 5.74) is 0.971. The molecule has 0 aliphatic rings. The van der Waals surface area contributed by atoms with E-state index >= 15 is 0 Å². The van der Waals surface area contributed by atoms with E-state index in [1.807, 2.05) is 0 Å². The van der Waals surface area contributed by atoms with Crippen molar-refractivity contribution in [2.24, 2.45) is 0 Å². The van der Waals surface area contributed by atoms with Gasteiger partial charge in [-0.25, -0.2) is 4.98 Å². The summed E-state index contributed by atoms with van der Waals surface area (Å²) in [7, 11) is 0. The third-order valence-electron chi connectivity index (χ3n) is 2.00. The van der Waals surface area contributed by atoms with Crippen molar-refractivity contribution in [2.45, 2.75) is 0 Å². The highest BCUT2D eigenvalue weighted by atomic mass is 79.9. The monoisotopic (exact) mass is 311 g/mol. The zero-order valence-electron chi connectivity index (χ0n) is 8.52. The molecule has 0 aliphatic carbocycles. The standard InChI is InChI=1S/C11H7BrClN3O/c12-8-5-9(10(13)15-6-8)16-11(17)7-1-3-14-4-2-7/h1-6H,(H,16,17). The van der Waals surface area contributed by atoms with E-state index in [-0.39, 0.29) is 11.1 Å². The maximum Gasteiger partial charge on any atom is 0.255 e. The van der Waals surface area contributed by atoms with E-state index in [4.69, 9.17) is 11.6 Å². The molecular formula is C11H7BrClN3O. The first-order valence-electron chi connectivity index (χ1n) is 4.69. The summed E-state index contributed by atoms with van der Waals surface area (Å²) >= 11 is 9.13. The van der Waals surface area contributed by atoms with Gasteiger partial charge in [0.15, 0.2) is 5.15 Å². The van der Waals surface area contributed by atoms with Crippen molar-refractivity contribution in [3.05, 3.63) is 52.0 Å². The fourth-order valence-corrected chi connectivity index (χ4v) is 1.69. The molecule has 0 aromatic carbocycles. The van der Waals surface area contributed by atoms with E-state index in [0.29, 0.717) is 11.3 Å². The zero-order valence-corrected chi connectivity index (χ0v) is 10.9. The van der Waals surface area contributed by atoms with Crippen molar-refractivity contribution in [3.8, 4) is 0 Å². The van der Waals surface area contributed by atoms with E-state index in [2.05, 4.69) is 31.2 Å². The van der Waals surface area contributed by atoms with Gasteiger partial charge in [-0.15, -0.1) is 0 Å². The minimum absolute atomic E-state index is 0.246. The first-order chi connectivity index (χ1) is 8.16. The summed E-state index contributed by atoms with van der Waals surface area (Å²) in [6.45, 7) is 0. The Kier molecular flexibility index (Phi) is 3.71. The molecule has 17 heavy (non-hydrogen) atoms. The van der Waals surface area contributed by atoms with Crippen LogP contribution in [0.1, 0.15) is 10.4 Å². The summed E-state index contributed by atoms with van der Waals surface area (Å²) < 4.78 is 0.743. The smallest absolute Gasteiger partial charge is 0.255 e. The van der Waals surface area contributed by atoms with Crippen LogP contribution < -0.4 is 5.32 Å². The second-order valence-electron chi connectivity index (χ2n) is 3.18. The summed E-state index contributed by atoms with van der Waals surface area (Å²) in [5, 5.41) is 2.92. The molecule has 0 saturated carbocycles. The van der Waals surface area contributed by atoms with E-state index in [9.17, 15) is 4.79 Å². The van der Waals surface area contributed by atoms with E-state index in [0.717, 1.165) is 4.47 Å². The highest BCUT2D eigenvalue weighted by molar-refractivity contribution is 9.10. The lowest BCUT2D eigenvalue weighted by molar-refractivity contribution is 0.102. The summed E-state index contributed by atoms with van der Waals surface area (Å²) in [6.07, 6.45) is 4.66. The number of halogens is 2. The van der Waals surface area contributed by atoms with Gasteiger partial charge in [0.05, 0.1) is 5.69 Å². The summed E-state index contributed by atoms with van der Waals surface area (Å²) in [4.78, 5) is 19.6. The van der Waals surface area contributed by atoms with Gasteiger partial charge in [0.2, 0.25) is 0 Å². The van der Waals surface area contributed by atoms with Gasteiger partial charge in [0.1, 0.15) is 0 Å². The molecule has 2 rings (SSSR count). The molecule has 1 amide bonds. The van der Waals surface area contributed by atoms with Crippen molar-refractivity contribution < 1.29 is 4.79 Å². The van der Waals surface area contributed by atoms with Crippen molar-refractivity contribution in [1.29, 1.82) is 0 Å². The van der Waals surface area contributed by atoms with Crippen LogP contribution in [0.5, 0.6) is 0 Å². The largest absolute Gasteiger partial charge is 0.319 e. The number of rotatable bonds is 2. The molecule has 0 atom stereocenters. The molecule has 0 radical (unpaired) electrons. The van der Waals surface area contributed by atoms with E-state index < -0.39 is 0 Å². The minimum atomic E-state index is -0.255. The van der Waals surface area contributed by atoms with Crippen LogP contribution in [0, 0.1) is 0 Å². The van der Waals surface area contributed by atoms with Crippen LogP contribution >= 0.6 is 27.5 Å². The van der Waals surface area contributed by atoms with Crippen molar-refractivity contribution in [3.63, 3.8) is 0 Å². The van der Waals surface area contributed by atoms with Gasteiger partial charge < -0.3 is 5.32 Å². The van der Waals surface area contributed by atoms with Crippen molar-refractivity contribution >= 4 is 39.1 Å². The third-order valence-corrected chi connectivity index (χ3v) is 2.73. The SMILES string of the molecule is O=C(Nc1cc(Br)cnc1Cl)c1ccncc1. The Morgan fingerprint density at radius 2 is 2.06 bits per heavy atom. The fourth-order valence-electron chi connectivity index (χ4n) is 1.21. The Morgan fingerprint density at radius 3 is 2.76 bits per heavy atom. The number of anilines is 1. The van der Waals surface area contributed by atoms with Crippen LogP contribution in [0.25, 0.3) is 0 Å². The number of hydrogen-bond acceptors (Lipinski definition) is 3. The topological polar surface area (TPSA) is 54.9 Å². The number of hydrogen-bond donors (Lipinski definition) is 1. The molecule has 4 nitrogen and oxygen atoms in total. The van der Waals surface area contributed by atoms with Crippen LogP contribution in [0.4, 0.5) is 5.69 Å². The third kappa shape index (κ3) is 3.01. The molecule has 0 saturated heterocycles. The van der Waals surface area contributed by atoms with Gasteiger partial charge in [-0.2, -0.15) is 0 Å². The fraction of sp³-hybridized carbons (Fsp3) is 0. The van der Waals surface area contributed by atoms with Gasteiger partial charge in [0.25, 0.3) is 5.91 Å². The zero-order chi connectivity index (χ0) is 12.3. The van der Waals surface area contributed by atoms with Crippen molar-refractivity contribution in [2.75, 3.05) is 5.32 Å². The second kappa shape index (κ2) is 5.25.